The quantitative estimate of drug-likeness (QED) is 0.711. The number of thioether (sulfide) groups is 1. The van der Waals surface area contributed by atoms with Gasteiger partial charge >= 0.3 is 0 Å². The molecule has 2 aromatic heterocycles. The zero-order valence-electron chi connectivity index (χ0n) is 9.41. The topological polar surface area (TPSA) is 109 Å². The van der Waals surface area contributed by atoms with Crippen LogP contribution in [0.3, 0.4) is 0 Å². The maximum atomic E-state index is 5.45. The van der Waals surface area contributed by atoms with E-state index in [2.05, 4.69) is 25.7 Å². The first-order valence-electron chi connectivity index (χ1n) is 5.24. The molecule has 92 valence electrons. The molecule has 0 aromatic carbocycles. The van der Waals surface area contributed by atoms with Crippen molar-refractivity contribution in [1.29, 1.82) is 0 Å². The highest BCUT2D eigenvalue weighted by atomic mass is 32.2. The van der Waals surface area contributed by atoms with Gasteiger partial charge in [0.25, 0.3) is 0 Å². The Labute approximate surface area is 102 Å². The second kappa shape index (κ2) is 5.73. The molecule has 0 amide bonds. The van der Waals surface area contributed by atoms with Crippen LogP contribution in [0.1, 0.15) is 18.6 Å². The van der Waals surface area contributed by atoms with Gasteiger partial charge in [-0.15, -0.1) is 5.10 Å². The standard InChI is InChI=1S/C8H13N7OS/c1-2-6-10-7(16-12-6)5-17-8-11-13-14-15(8)4-3-9/h2-5,9H2,1H3. The predicted octanol–water partition coefficient (Wildman–Crippen LogP) is -0.131. The molecule has 9 heteroatoms. The first-order valence-corrected chi connectivity index (χ1v) is 6.22. The minimum atomic E-state index is 0.499. The molecule has 2 N–H and O–H groups in total. The predicted molar refractivity (Wildman–Crippen MR) is 60.1 cm³/mol. The van der Waals surface area contributed by atoms with Crippen LogP contribution in [-0.2, 0) is 18.7 Å². The minimum Gasteiger partial charge on any atom is -0.338 e. The molecule has 0 saturated carbocycles. The number of tetrazole rings is 1. The number of hydrogen-bond donors (Lipinski definition) is 1. The van der Waals surface area contributed by atoms with E-state index in [0.29, 0.717) is 35.7 Å². The van der Waals surface area contributed by atoms with Gasteiger partial charge in [0.2, 0.25) is 11.0 Å². The Morgan fingerprint density at radius 1 is 1.47 bits per heavy atom. The van der Waals surface area contributed by atoms with Crippen molar-refractivity contribution >= 4 is 11.8 Å². The van der Waals surface area contributed by atoms with Crippen molar-refractivity contribution in [3.8, 4) is 0 Å². The molecule has 8 nitrogen and oxygen atoms in total. The smallest absolute Gasteiger partial charge is 0.237 e. The Bertz CT molecular complexity index is 468. The molecule has 0 aliphatic carbocycles. The van der Waals surface area contributed by atoms with Crippen molar-refractivity contribution in [2.75, 3.05) is 6.54 Å². The largest absolute Gasteiger partial charge is 0.338 e. The number of aromatic nitrogens is 6. The van der Waals surface area contributed by atoms with E-state index in [1.54, 1.807) is 4.68 Å². The Morgan fingerprint density at radius 3 is 3.06 bits per heavy atom. The summed E-state index contributed by atoms with van der Waals surface area (Å²) in [6, 6.07) is 0. The molecule has 17 heavy (non-hydrogen) atoms. The van der Waals surface area contributed by atoms with E-state index in [1.165, 1.54) is 11.8 Å². The third-order valence-electron chi connectivity index (χ3n) is 1.99. The van der Waals surface area contributed by atoms with Gasteiger partial charge in [-0.3, -0.25) is 0 Å². The summed E-state index contributed by atoms with van der Waals surface area (Å²) < 4.78 is 6.72. The van der Waals surface area contributed by atoms with Crippen LogP contribution in [-0.4, -0.2) is 36.9 Å². The molecule has 0 unspecified atom stereocenters. The number of nitrogens with zero attached hydrogens (tertiary/aromatic N) is 6. The van der Waals surface area contributed by atoms with Gasteiger partial charge in [0.15, 0.2) is 5.82 Å². The van der Waals surface area contributed by atoms with E-state index in [0.717, 1.165) is 6.42 Å². The second-order valence-electron chi connectivity index (χ2n) is 3.22. The van der Waals surface area contributed by atoms with Gasteiger partial charge in [-0.05, 0) is 10.4 Å². The first-order chi connectivity index (χ1) is 8.33. The lowest BCUT2D eigenvalue weighted by Gasteiger charge is -1.99. The van der Waals surface area contributed by atoms with Crippen LogP contribution in [0.15, 0.2) is 9.68 Å². The maximum absolute atomic E-state index is 5.45. The molecule has 0 saturated heterocycles. The van der Waals surface area contributed by atoms with E-state index >= 15 is 0 Å². The highest BCUT2D eigenvalue weighted by Gasteiger charge is 2.10. The number of aryl methyl sites for hydroxylation is 1. The molecule has 2 heterocycles. The summed E-state index contributed by atoms with van der Waals surface area (Å²) in [5, 5.41) is 15.8. The van der Waals surface area contributed by atoms with Crippen LogP contribution in [0.2, 0.25) is 0 Å². The first kappa shape index (κ1) is 12.0. The van der Waals surface area contributed by atoms with Crippen LogP contribution in [0, 0.1) is 0 Å². The monoisotopic (exact) mass is 255 g/mol. The van der Waals surface area contributed by atoms with Crippen LogP contribution >= 0.6 is 11.8 Å². The van der Waals surface area contributed by atoms with E-state index in [9.17, 15) is 0 Å². The zero-order chi connectivity index (χ0) is 12.1. The Balaban J connectivity index is 1.94. The maximum Gasteiger partial charge on any atom is 0.237 e. The van der Waals surface area contributed by atoms with E-state index in [1.807, 2.05) is 6.92 Å². The summed E-state index contributed by atoms with van der Waals surface area (Å²) in [5.41, 5.74) is 5.45. The van der Waals surface area contributed by atoms with Crippen molar-refractivity contribution in [3.05, 3.63) is 11.7 Å². The van der Waals surface area contributed by atoms with Gasteiger partial charge in [0.1, 0.15) is 0 Å². The SMILES string of the molecule is CCc1noc(CSc2nnnn2CCN)n1. The van der Waals surface area contributed by atoms with E-state index in [4.69, 9.17) is 10.3 Å². The molecule has 0 fully saturated rings. The van der Waals surface area contributed by atoms with Gasteiger partial charge < -0.3 is 10.3 Å². The molecule has 2 aromatic rings. The van der Waals surface area contributed by atoms with Crippen molar-refractivity contribution in [2.45, 2.75) is 30.8 Å². The van der Waals surface area contributed by atoms with Crippen LogP contribution in [0.5, 0.6) is 0 Å². The highest BCUT2D eigenvalue weighted by molar-refractivity contribution is 7.98. The summed E-state index contributed by atoms with van der Waals surface area (Å²) in [7, 11) is 0. The van der Waals surface area contributed by atoms with Gasteiger partial charge in [-0.2, -0.15) is 4.98 Å². The molecule has 0 aliphatic rings. The fourth-order valence-corrected chi connectivity index (χ4v) is 1.92. The molecular formula is C8H13N7OS. The van der Waals surface area contributed by atoms with E-state index in [-0.39, 0.29) is 0 Å². The normalized spacial score (nSPS) is 10.9. The Morgan fingerprint density at radius 2 is 2.35 bits per heavy atom. The molecule has 0 spiro atoms. The molecule has 0 atom stereocenters. The minimum absolute atomic E-state index is 0.499. The van der Waals surface area contributed by atoms with Crippen LogP contribution in [0.4, 0.5) is 0 Å². The average Bonchev–Trinajstić information content (AvgIpc) is 2.95. The van der Waals surface area contributed by atoms with Crippen molar-refractivity contribution < 1.29 is 4.52 Å². The Kier molecular flexibility index (Phi) is 4.04. The summed E-state index contributed by atoms with van der Waals surface area (Å²) in [5.74, 6) is 1.84. The van der Waals surface area contributed by atoms with Crippen molar-refractivity contribution in [2.24, 2.45) is 5.73 Å². The highest BCUT2D eigenvalue weighted by Crippen LogP contribution is 2.18. The number of nitrogens with two attached hydrogens (primary N) is 1. The van der Waals surface area contributed by atoms with Gasteiger partial charge in [0, 0.05) is 13.0 Å². The molecule has 0 radical (unpaired) electrons. The fourth-order valence-electron chi connectivity index (χ4n) is 1.18. The number of rotatable bonds is 6. The lowest BCUT2D eigenvalue weighted by molar-refractivity contribution is 0.385. The summed E-state index contributed by atoms with van der Waals surface area (Å²) in [4.78, 5) is 4.20. The molecule has 2 rings (SSSR count). The van der Waals surface area contributed by atoms with Crippen molar-refractivity contribution in [3.63, 3.8) is 0 Å². The summed E-state index contributed by atoms with van der Waals surface area (Å²) in [6.07, 6.45) is 0.763. The second-order valence-corrected chi connectivity index (χ2v) is 4.16. The van der Waals surface area contributed by atoms with Crippen LogP contribution in [0.25, 0.3) is 0 Å². The third-order valence-corrected chi connectivity index (χ3v) is 2.93. The lowest BCUT2D eigenvalue weighted by atomic mass is 10.5. The van der Waals surface area contributed by atoms with E-state index < -0.39 is 0 Å². The van der Waals surface area contributed by atoms with Crippen molar-refractivity contribution in [1.82, 2.24) is 30.3 Å². The molecular weight excluding hydrogens is 242 g/mol. The molecule has 0 aliphatic heterocycles. The summed E-state index contributed by atoms with van der Waals surface area (Å²) >= 11 is 1.45. The van der Waals surface area contributed by atoms with Gasteiger partial charge in [0.05, 0.1) is 12.3 Å². The van der Waals surface area contributed by atoms with Crippen LogP contribution < -0.4 is 5.73 Å². The third kappa shape index (κ3) is 3.01. The van der Waals surface area contributed by atoms with Gasteiger partial charge in [-0.25, -0.2) is 4.68 Å². The van der Waals surface area contributed by atoms with Gasteiger partial charge in [-0.1, -0.05) is 23.8 Å². The zero-order valence-corrected chi connectivity index (χ0v) is 10.2. The fraction of sp³-hybridized carbons (Fsp3) is 0.625. The number of hydrogen-bond acceptors (Lipinski definition) is 8. The Hall–Kier alpha value is -1.48. The summed E-state index contributed by atoms with van der Waals surface area (Å²) in [6.45, 7) is 3.07. The lowest BCUT2D eigenvalue weighted by Crippen LogP contribution is -2.12. The molecule has 0 bridgehead atoms. The average molecular weight is 255 g/mol.